The van der Waals surface area contributed by atoms with Crippen molar-refractivity contribution in [1.29, 1.82) is 0 Å². The van der Waals surface area contributed by atoms with Gasteiger partial charge >= 0.3 is 0 Å². The van der Waals surface area contributed by atoms with Gasteiger partial charge in [0.05, 0.1) is 25.5 Å². The Labute approximate surface area is 188 Å². The predicted molar refractivity (Wildman–Crippen MR) is 121 cm³/mol. The first-order valence-corrected chi connectivity index (χ1v) is 10.8. The van der Waals surface area contributed by atoms with Gasteiger partial charge in [-0.25, -0.2) is 4.39 Å². The normalized spacial score (nSPS) is 10.8. The molecule has 0 bridgehead atoms. The van der Waals surface area contributed by atoms with Gasteiger partial charge in [-0.3, -0.25) is 4.57 Å². The zero-order valence-electron chi connectivity index (χ0n) is 16.9. The number of hydrogen-bond acceptors (Lipinski definition) is 5. The van der Waals surface area contributed by atoms with Crippen molar-refractivity contribution in [3.05, 3.63) is 83.1 Å². The average molecular weight is 456 g/mol. The fraction of sp³-hybridized carbons (Fsp3) is 0.130. The summed E-state index contributed by atoms with van der Waals surface area (Å²) in [4.78, 5) is 0. The summed E-state index contributed by atoms with van der Waals surface area (Å²) >= 11 is 7.56. The molecule has 0 radical (unpaired) electrons. The molecule has 8 heteroatoms. The molecule has 0 aliphatic carbocycles. The fourth-order valence-electron chi connectivity index (χ4n) is 3.14. The number of hydrogen-bond donors (Lipinski definition) is 0. The van der Waals surface area contributed by atoms with E-state index in [4.69, 9.17) is 21.1 Å². The van der Waals surface area contributed by atoms with Crippen molar-refractivity contribution < 1.29 is 13.9 Å². The number of halogens is 2. The fourth-order valence-corrected chi connectivity index (χ4v) is 4.43. The molecule has 31 heavy (non-hydrogen) atoms. The van der Waals surface area contributed by atoms with Crippen LogP contribution in [0.4, 0.5) is 4.39 Å². The Morgan fingerprint density at radius 1 is 0.935 bits per heavy atom. The molecular weight excluding hydrogens is 437 g/mol. The van der Waals surface area contributed by atoms with Gasteiger partial charge in [0.15, 0.2) is 11.0 Å². The minimum atomic E-state index is -0.347. The van der Waals surface area contributed by atoms with E-state index in [2.05, 4.69) is 10.2 Å². The number of aromatic nitrogens is 3. The first-order chi connectivity index (χ1) is 15.1. The lowest BCUT2D eigenvalue weighted by Crippen LogP contribution is -2.01. The van der Waals surface area contributed by atoms with E-state index in [1.165, 1.54) is 17.8 Å². The number of methoxy groups -OCH3 is 2. The standard InChI is InChI=1S/C23H19ClFN3O2S/c1-29-16-12-10-15(11-13-16)28-22(17-6-3-4-9-21(17)30-2)26-27-23(28)31-14-18-19(24)7-5-8-20(18)25/h3-13H,14H2,1-2H3. The highest BCUT2D eigenvalue weighted by atomic mass is 35.5. The number of benzene rings is 3. The highest BCUT2D eigenvalue weighted by molar-refractivity contribution is 7.98. The van der Waals surface area contributed by atoms with Crippen molar-refractivity contribution in [2.75, 3.05) is 14.2 Å². The maximum atomic E-state index is 14.3. The molecule has 0 aliphatic rings. The first-order valence-electron chi connectivity index (χ1n) is 9.41. The molecule has 0 saturated carbocycles. The molecule has 0 N–H and O–H groups in total. The quantitative estimate of drug-likeness (QED) is 0.318. The lowest BCUT2D eigenvalue weighted by atomic mass is 10.2. The molecule has 0 amide bonds. The third kappa shape index (κ3) is 4.38. The second kappa shape index (κ2) is 9.41. The average Bonchev–Trinajstić information content (AvgIpc) is 3.22. The maximum Gasteiger partial charge on any atom is 0.196 e. The van der Waals surface area contributed by atoms with Gasteiger partial charge in [0.25, 0.3) is 0 Å². The lowest BCUT2D eigenvalue weighted by molar-refractivity contribution is 0.414. The van der Waals surface area contributed by atoms with Crippen LogP contribution < -0.4 is 9.47 Å². The smallest absolute Gasteiger partial charge is 0.196 e. The van der Waals surface area contributed by atoms with E-state index in [0.29, 0.717) is 33.1 Å². The molecule has 0 atom stereocenters. The Bertz CT molecular complexity index is 1180. The van der Waals surface area contributed by atoms with E-state index in [1.807, 2.05) is 53.1 Å². The summed E-state index contributed by atoms with van der Waals surface area (Å²) in [6, 6.07) is 19.8. The minimum Gasteiger partial charge on any atom is -0.497 e. The Morgan fingerprint density at radius 2 is 1.71 bits per heavy atom. The summed E-state index contributed by atoms with van der Waals surface area (Å²) in [6.07, 6.45) is 0. The van der Waals surface area contributed by atoms with Crippen LogP contribution in [-0.2, 0) is 5.75 Å². The van der Waals surface area contributed by atoms with Crippen LogP contribution >= 0.6 is 23.4 Å². The SMILES string of the molecule is COc1ccc(-n2c(SCc3c(F)cccc3Cl)nnc2-c2ccccc2OC)cc1. The molecule has 5 nitrogen and oxygen atoms in total. The summed E-state index contributed by atoms with van der Waals surface area (Å²) in [5.41, 5.74) is 2.07. The summed E-state index contributed by atoms with van der Waals surface area (Å²) in [7, 11) is 3.23. The van der Waals surface area contributed by atoms with E-state index in [-0.39, 0.29) is 5.82 Å². The van der Waals surface area contributed by atoms with Crippen molar-refractivity contribution in [2.45, 2.75) is 10.9 Å². The zero-order chi connectivity index (χ0) is 21.8. The van der Waals surface area contributed by atoms with Crippen LogP contribution in [0.15, 0.2) is 71.9 Å². The van der Waals surface area contributed by atoms with Crippen LogP contribution in [0.5, 0.6) is 11.5 Å². The third-order valence-electron chi connectivity index (χ3n) is 4.72. The van der Waals surface area contributed by atoms with Gasteiger partial charge in [0.1, 0.15) is 17.3 Å². The van der Waals surface area contributed by atoms with Gasteiger partial charge in [-0.2, -0.15) is 0 Å². The Balaban J connectivity index is 1.79. The summed E-state index contributed by atoms with van der Waals surface area (Å²) < 4.78 is 27.0. The molecule has 158 valence electrons. The van der Waals surface area contributed by atoms with Crippen molar-refractivity contribution >= 4 is 23.4 Å². The summed E-state index contributed by atoms with van der Waals surface area (Å²) in [5, 5.41) is 9.79. The van der Waals surface area contributed by atoms with E-state index < -0.39 is 0 Å². The Kier molecular flexibility index (Phi) is 6.44. The molecule has 4 aromatic rings. The Hall–Kier alpha value is -3.03. The first kappa shape index (κ1) is 21.2. The maximum absolute atomic E-state index is 14.3. The number of para-hydroxylation sites is 1. The number of rotatable bonds is 7. The van der Waals surface area contributed by atoms with Gasteiger partial charge in [-0.05, 0) is 48.5 Å². The van der Waals surface area contributed by atoms with Gasteiger partial charge in [-0.15, -0.1) is 10.2 Å². The monoisotopic (exact) mass is 455 g/mol. The van der Waals surface area contributed by atoms with Crippen LogP contribution in [0.1, 0.15) is 5.56 Å². The molecule has 1 heterocycles. The molecule has 0 saturated heterocycles. The van der Waals surface area contributed by atoms with E-state index in [0.717, 1.165) is 17.0 Å². The molecule has 0 unspecified atom stereocenters. The van der Waals surface area contributed by atoms with E-state index in [9.17, 15) is 4.39 Å². The highest BCUT2D eigenvalue weighted by Gasteiger charge is 2.20. The van der Waals surface area contributed by atoms with Gasteiger partial charge in [0.2, 0.25) is 0 Å². The van der Waals surface area contributed by atoms with Crippen molar-refractivity contribution in [3.8, 4) is 28.6 Å². The van der Waals surface area contributed by atoms with E-state index >= 15 is 0 Å². The molecule has 4 rings (SSSR count). The highest BCUT2D eigenvalue weighted by Crippen LogP contribution is 2.35. The van der Waals surface area contributed by atoms with Gasteiger partial charge in [-0.1, -0.05) is 41.6 Å². The molecule has 3 aromatic carbocycles. The third-order valence-corrected chi connectivity index (χ3v) is 6.03. The van der Waals surface area contributed by atoms with Crippen molar-refractivity contribution in [2.24, 2.45) is 0 Å². The number of thioether (sulfide) groups is 1. The molecule has 0 spiro atoms. The van der Waals surface area contributed by atoms with Crippen LogP contribution in [0, 0.1) is 5.82 Å². The lowest BCUT2D eigenvalue weighted by Gasteiger charge is -2.13. The van der Waals surface area contributed by atoms with E-state index in [1.54, 1.807) is 26.4 Å². The van der Waals surface area contributed by atoms with Crippen LogP contribution in [-0.4, -0.2) is 29.0 Å². The van der Waals surface area contributed by atoms with Crippen molar-refractivity contribution in [1.82, 2.24) is 14.8 Å². The second-order valence-electron chi connectivity index (χ2n) is 6.53. The summed E-state index contributed by atoms with van der Waals surface area (Å²) in [5.74, 6) is 2.00. The predicted octanol–water partition coefficient (Wildman–Crippen LogP) is 6.04. The second-order valence-corrected chi connectivity index (χ2v) is 7.88. The Morgan fingerprint density at radius 3 is 2.42 bits per heavy atom. The van der Waals surface area contributed by atoms with Crippen LogP contribution in [0.25, 0.3) is 17.1 Å². The van der Waals surface area contributed by atoms with Gasteiger partial charge < -0.3 is 9.47 Å². The topological polar surface area (TPSA) is 49.2 Å². The molecular formula is C23H19ClFN3O2S. The van der Waals surface area contributed by atoms with Crippen molar-refractivity contribution in [3.63, 3.8) is 0 Å². The number of nitrogens with zero attached hydrogens (tertiary/aromatic N) is 3. The zero-order valence-corrected chi connectivity index (χ0v) is 18.5. The van der Waals surface area contributed by atoms with Crippen LogP contribution in [0.3, 0.4) is 0 Å². The molecule has 0 fully saturated rings. The largest absolute Gasteiger partial charge is 0.497 e. The number of ether oxygens (including phenoxy) is 2. The minimum absolute atomic E-state index is 0.311. The van der Waals surface area contributed by atoms with Crippen LogP contribution in [0.2, 0.25) is 5.02 Å². The molecule has 0 aliphatic heterocycles. The van der Waals surface area contributed by atoms with Gasteiger partial charge in [0, 0.05) is 16.3 Å². The molecule has 1 aromatic heterocycles. The summed E-state index contributed by atoms with van der Waals surface area (Å²) in [6.45, 7) is 0.